The minimum absolute atomic E-state index is 0.112. The molecule has 1 rings (SSSR count). The molecule has 0 atom stereocenters. The summed E-state index contributed by atoms with van der Waals surface area (Å²) in [5.74, 6) is -1.04. The number of hydrogen-bond acceptors (Lipinski definition) is 4. The van der Waals surface area contributed by atoms with Gasteiger partial charge in [-0.05, 0) is 32.9 Å². The smallest absolute Gasteiger partial charge is 0.328 e. The zero-order chi connectivity index (χ0) is 14.8. The Hall–Kier alpha value is -1.63. The normalized spacial score (nSPS) is 11.2. The van der Waals surface area contributed by atoms with Crippen LogP contribution < -0.4 is 4.90 Å². The number of hydrogen-bond donors (Lipinski definition) is 1. The topological polar surface area (TPSA) is 83.7 Å². The summed E-state index contributed by atoms with van der Waals surface area (Å²) in [6.07, 6.45) is 0. The second kappa shape index (κ2) is 5.56. The fourth-order valence-corrected chi connectivity index (χ4v) is 2.20. The lowest BCUT2D eigenvalue weighted by molar-refractivity contribution is -0.384. The molecule has 0 saturated carbocycles. The van der Waals surface area contributed by atoms with Crippen LogP contribution in [0.1, 0.15) is 20.8 Å². The molecule has 1 N–H and O–H groups in total. The molecule has 0 heterocycles. The van der Waals surface area contributed by atoms with Gasteiger partial charge < -0.3 is 10.0 Å². The molecule has 0 aliphatic rings. The summed E-state index contributed by atoms with van der Waals surface area (Å²) in [6, 6.07) is 4.48. The van der Waals surface area contributed by atoms with Gasteiger partial charge in [0, 0.05) is 17.1 Å². The van der Waals surface area contributed by atoms with Gasteiger partial charge in [-0.15, -0.1) is 0 Å². The minimum atomic E-state index is -1.24. The molecule has 0 aliphatic heterocycles. The first kappa shape index (κ1) is 15.4. The van der Waals surface area contributed by atoms with Gasteiger partial charge in [0.15, 0.2) is 0 Å². The molecule has 19 heavy (non-hydrogen) atoms. The van der Waals surface area contributed by atoms with Crippen LogP contribution in [-0.4, -0.2) is 28.1 Å². The van der Waals surface area contributed by atoms with E-state index in [1.54, 1.807) is 19.1 Å². The number of nitro groups is 1. The maximum absolute atomic E-state index is 11.3. The molecule has 0 saturated heterocycles. The number of nitro benzene ring substituents is 1. The molecular formula is C12H15BrN2O4. The Morgan fingerprint density at radius 1 is 1.53 bits per heavy atom. The predicted octanol–water partition coefficient (Wildman–Crippen LogP) is 3.05. The van der Waals surface area contributed by atoms with E-state index in [-0.39, 0.29) is 11.4 Å². The molecule has 0 fully saturated rings. The molecule has 0 unspecified atom stereocenters. The van der Waals surface area contributed by atoms with E-state index in [1.807, 2.05) is 0 Å². The Morgan fingerprint density at radius 3 is 2.53 bits per heavy atom. The zero-order valence-corrected chi connectivity index (χ0v) is 12.5. The van der Waals surface area contributed by atoms with Crippen molar-refractivity contribution in [3.63, 3.8) is 0 Å². The van der Waals surface area contributed by atoms with Crippen LogP contribution in [0.25, 0.3) is 0 Å². The largest absolute Gasteiger partial charge is 0.480 e. The molecule has 0 amide bonds. The van der Waals surface area contributed by atoms with Crippen molar-refractivity contribution < 1.29 is 14.8 Å². The highest BCUT2D eigenvalue weighted by Gasteiger charge is 2.36. The highest BCUT2D eigenvalue weighted by atomic mass is 79.9. The van der Waals surface area contributed by atoms with Crippen LogP contribution in [0.3, 0.4) is 0 Å². The van der Waals surface area contributed by atoms with Crippen molar-refractivity contribution in [1.29, 1.82) is 0 Å². The van der Waals surface area contributed by atoms with Gasteiger partial charge in [0.1, 0.15) is 11.2 Å². The third kappa shape index (κ3) is 3.04. The number of halogens is 1. The molecule has 0 aliphatic carbocycles. The van der Waals surface area contributed by atoms with Crippen molar-refractivity contribution in [3.05, 3.63) is 32.8 Å². The van der Waals surface area contributed by atoms with Crippen LogP contribution in [0.2, 0.25) is 0 Å². The Kier molecular flexibility index (Phi) is 4.52. The number of carboxylic acids is 1. The Balaban J connectivity index is 3.44. The first-order valence-corrected chi connectivity index (χ1v) is 6.46. The standard InChI is InChI=1S/C12H15BrN2O4/c1-4-14(12(2,3)11(16)17)10-7-8(13)5-6-9(10)15(18)19/h5-7H,4H2,1-3H3,(H,16,17). The van der Waals surface area contributed by atoms with Crippen molar-refractivity contribution >= 4 is 33.3 Å². The number of nitrogens with zero attached hydrogens (tertiary/aromatic N) is 2. The van der Waals surface area contributed by atoms with E-state index in [2.05, 4.69) is 15.9 Å². The lowest BCUT2D eigenvalue weighted by Gasteiger charge is -2.35. The summed E-state index contributed by atoms with van der Waals surface area (Å²) < 4.78 is 0.660. The van der Waals surface area contributed by atoms with Gasteiger partial charge in [-0.25, -0.2) is 4.79 Å². The molecular weight excluding hydrogens is 316 g/mol. The van der Waals surface area contributed by atoms with Crippen LogP contribution >= 0.6 is 15.9 Å². The molecule has 6 nitrogen and oxygen atoms in total. The number of carboxylic acid groups (broad SMARTS) is 1. The summed E-state index contributed by atoms with van der Waals surface area (Å²) in [7, 11) is 0. The van der Waals surface area contributed by atoms with Gasteiger partial charge in [-0.2, -0.15) is 0 Å². The number of carbonyl (C=O) groups is 1. The van der Waals surface area contributed by atoms with Crippen molar-refractivity contribution in [2.75, 3.05) is 11.4 Å². The molecule has 0 bridgehead atoms. The average molecular weight is 331 g/mol. The fourth-order valence-electron chi connectivity index (χ4n) is 1.85. The summed E-state index contributed by atoms with van der Waals surface area (Å²) >= 11 is 3.25. The van der Waals surface area contributed by atoms with E-state index in [9.17, 15) is 20.0 Å². The molecule has 7 heteroatoms. The lowest BCUT2D eigenvalue weighted by Crippen LogP contribution is -2.50. The number of anilines is 1. The number of aliphatic carboxylic acids is 1. The minimum Gasteiger partial charge on any atom is -0.480 e. The van der Waals surface area contributed by atoms with Crippen LogP contribution in [0.5, 0.6) is 0 Å². The Labute approximate surface area is 119 Å². The van der Waals surface area contributed by atoms with E-state index in [4.69, 9.17) is 0 Å². The highest BCUT2D eigenvalue weighted by Crippen LogP contribution is 2.35. The maximum Gasteiger partial charge on any atom is 0.328 e. The second-order valence-corrected chi connectivity index (χ2v) is 5.41. The first-order chi connectivity index (χ1) is 8.71. The highest BCUT2D eigenvalue weighted by molar-refractivity contribution is 9.10. The summed E-state index contributed by atoms with van der Waals surface area (Å²) in [5, 5.41) is 20.3. The van der Waals surface area contributed by atoms with Crippen molar-refractivity contribution in [3.8, 4) is 0 Å². The van der Waals surface area contributed by atoms with Crippen molar-refractivity contribution in [1.82, 2.24) is 0 Å². The van der Waals surface area contributed by atoms with E-state index in [0.29, 0.717) is 11.0 Å². The van der Waals surface area contributed by atoms with Crippen LogP contribution in [0.4, 0.5) is 11.4 Å². The van der Waals surface area contributed by atoms with Crippen molar-refractivity contribution in [2.45, 2.75) is 26.3 Å². The lowest BCUT2D eigenvalue weighted by atomic mass is 10.0. The molecule has 0 radical (unpaired) electrons. The first-order valence-electron chi connectivity index (χ1n) is 5.66. The Morgan fingerprint density at radius 2 is 2.11 bits per heavy atom. The number of benzene rings is 1. The molecule has 0 spiro atoms. The van der Waals surface area contributed by atoms with Gasteiger partial charge >= 0.3 is 5.97 Å². The second-order valence-electron chi connectivity index (χ2n) is 4.50. The Bertz CT molecular complexity index is 516. The third-order valence-electron chi connectivity index (χ3n) is 2.94. The fraction of sp³-hybridized carbons (Fsp3) is 0.417. The summed E-state index contributed by atoms with van der Waals surface area (Å²) in [4.78, 5) is 23.4. The quantitative estimate of drug-likeness (QED) is 0.662. The molecule has 0 aromatic heterocycles. The van der Waals surface area contributed by atoms with E-state index in [1.165, 1.54) is 24.8 Å². The summed E-state index contributed by atoms with van der Waals surface area (Å²) in [6.45, 7) is 5.14. The SMILES string of the molecule is CCN(c1cc(Br)ccc1[N+](=O)[O-])C(C)(C)C(=O)O. The monoisotopic (exact) mass is 330 g/mol. The van der Waals surface area contributed by atoms with E-state index < -0.39 is 16.4 Å². The number of likely N-dealkylation sites (N-methyl/N-ethyl adjacent to an activating group) is 1. The average Bonchev–Trinajstić information content (AvgIpc) is 2.28. The van der Waals surface area contributed by atoms with E-state index in [0.717, 1.165) is 0 Å². The molecule has 104 valence electrons. The van der Waals surface area contributed by atoms with Gasteiger partial charge in [0.05, 0.1) is 4.92 Å². The van der Waals surface area contributed by atoms with Gasteiger partial charge in [0.25, 0.3) is 5.69 Å². The van der Waals surface area contributed by atoms with Crippen LogP contribution in [-0.2, 0) is 4.79 Å². The van der Waals surface area contributed by atoms with E-state index >= 15 is 0 Å². The molecule has 1 aromatic carbocycles. The third-order valence-corrected chi connectivity index (χ3v) is 3.43. The van der Waals surface area contributed by atoms with Gasteiger partial charge in [-0.3, -0.25) is 10.1 Å². The summed E-state index contributed by atoms with van der Waals surface area (Å²) in [5.41, 5.74) is -1.06. The predicted molar refractivity (Wildman–Crippen MR) is 75.5 cm³/mol. The molecule has 1 aromatic rings. The van der Waals surface area contributed by atoms with Crippen LogP contribution in [0.15, 0.2) is 22.7 Å². The zero-order valence-electron chi connectivity index (χ0n) is 10.9. The van der Waals surface area contributed by atoms with Gasteiger partial charge in [0.2, 0.25) is 0 Å². The van der Waals surface area contributed by atoms with Crippen molar-refractivity contribution in [2.24, 2.45) is 0 Å². The maximum atomic E-state index is 11.3. The van der Waals surface area contributed by atoms with Crippen LogP contribution in [0, 0.1) is 10.1 Å². The van der Waals surface area contributed by atoms with Gasteiger partial charge in [-0.1, -0.05) is 15.9 Å². The number of rotatable bonds is 5.